The highest BCUT2D eigenvalue weighted by Crippen LogP contribution is 2.33. The molecule has 5 unspecified atom stereocenters. The molecule has 4 rings (SSSR count). The highest BCUT2D eigenvalue weighted by molar-refractivity contribution is 5.86. The number of aliphatic hydroxyl groups is 3. The topological polar surface area (TPSA) is 152 Å². The number of rotatable bonds is 10. The Labute approximate surface area is 246 Å². The number of hydrogen-bond acceptors (Lipinski definition) is 9. The summed E-state index contributed by atoms with van der Waals surface area (Å²) in [5.41, 5.74) is 1.46. The minimum Gasteiger partial charge on any atom is -0.459 e. The fourth-order valence-corrected chi connectivity index (χ4v) is 5.53. The molecular formula is C32H41NO9. The third-order valence-electron chi connectivity index (χ3n) is 8.23. The zero-order chi connectivity index (χ0) is 30.2. The summed E-state index contributed by atoms with van der Waals surface area (Å²) < 4.78 is 16.1. The van der Waals surface area contributed by atoms with Crippen LogP contribution in [0.15, 0.2) is 60.7 Å². The molecule has 2 aromatic rings. The van der Waals surface area contributed by atoms with Crippen molar-refractivity contribution in [2.24, 2.45) is 17.8 Å². The van der Waals surface area contributed by atoms with E-state index in [-0.39, 0.29) is 24.9 Å². The third kappa shape index (κ3) is 8.16. The smallest absolute Gasteiger partial charge is 0.338 e. The Hall–Kier alpha value is -3.31. The lowest BCUT2D eigenvalue weighted by Crippen LogP contribution is -2.61. The second-order valence-electron chi connectivity index (χ2n) is 11.5. The molecule has 4 N–H and O–H groups in total. The molecule has 0 radical (unpaired) electrons. The number of esters is 2. The number of carbonyl (C=O) groups excluding carboxylic acids is 3. The van der Waals surface area contributed by atoms with Crippen LogP contribution >= 0.6 is 0 Å². The van der Waals surface area contributed by atoms with Crippen molar-refractivity contribution in [3.8, 4) is 0 Å². The summed E-state index contributed by atoms with van der Waals surface area (Å²) >= 11 is 0. The SMILES string of the molecule is CC(C)C1CCC(C(=O)N[C@@H](Cc2ccccc2)C(=O)OC2OC(C(=O)OCc3ccccc3)C(O)C(O)C2O)CC1. The van der Waals surface area contributed by atoms with Gasteiger partial charge in [-0.25, -0.2) is 9.59 Å². The molecule has 1 heterocycles. The molecule has 1 aliphatic carbocycles. The maximum Gasteiger partial charge on any atom is 0.338 e. The molecule has 10 nitrogen and oxygen atoms in total. The average Bonchev–Trinajstić information content (AvgIpc) is 3.00. The molecule has 2 aliphatic rings. The van der Waals surface area contributed by atoms with E-state index in [0.29, 0.717) is 17.4 Å². The van der Waals surface area contributed by atoms with E-state index in [0.717, 1.165) is 31.2 Å². The van der Waals surface area contributed by atoms with Gasteiger partial charge >= 0.3 is 11.9 Å². The molecule has 2 aromatic carbocycles. The van der Waals surface area contributed by atoms with Crippen LogP contribution in [-0.4, -0.2) is 69.9 Å². The van der Waals surface area contributed by atoms with E-state index >= 15 is 0 Å². The Bertz CT molecular complexity index is 1170. The minimum atomic E-state index is -1.86. The fraction of sp³-hybridized carbons (Fsp3) is 0.531. The number of hydrogen-bond donors (Lipinski definition) is 4. The molecular weight excluding hydrogens is 542 g/mol. The molecule has 228 valence electrons. The van der Waals surface area contributed by atoms with E-state index in [4.69, 9.17) is 14.2 Å². The van der Waals surface area contributed by atoms with E-state index in [1.807, 2.05) is 30.3 Å². The molecule has 1 amide bonds. The third-order valence-corrected chi connectivity index (χ3v) is 8.23. The molecule has 6 atom stereocenters. The highest BCUT2D eigenvalue weighted by Gasteiger charge is 2.49. The summed E-state index contributed by atoms with van der Waals surface area (Å²) in [6.45, 7) is 4.25. The Morgan fingerprint density at radius 1 is 0.857 bits per heavy atom. The van der Waals surface area contributed by atoms with Gasteiger partial charge in [-0.2, -0.15) is 0 Å². The lowest BCUT2D eigenvalue weighted by Gasteiger charge is -2.39. The van der Waals surface area contributed by atoms with E-state index in [1.165, 1.54) is 0 Å². The summed E-state index contributed by atoms with van der Waals surface area (Å²) in [6.07, 6.45) is -5.59. The molecule has 0 aromatic heterocycles. The van der Waals surface area contributed by atoms with Crippen LogP contribution in [0.25, 0.3) is 0 Å². The van der Waals surface area contributed by atoms with Crippen molar-refractivity contribution in [2.75, 3.05) is 0 Å². The Morgan fingerprint density at radius 2 is 1.45 bits per heavy atom. The summed E-state index contributed by atoms with van der Waals surface area (Å²) in [5.74, 6) is -1.28. The zero-order valence-electron chi connectivity index (χ0n) is 24.0. The van der Waals surface area contributed by atoms with Crippen molar-refractivity contribution in [2.45, 2.75) is 89.3 Å². The van der Waals surface area contributed by atoms with Gasteiger partial charge in [-0.05, 0) is 48.6 Å². The van der Waals surface area contributed by atoms with E-state index in [9.17, 15) is 29.7 Å². The van der Waals surface area contributed by atoms with Crippen LogP contribution in [0.1, 0.15) is 50.7 Å². The first-order valence-electron chi connectivity index (χ1n) is 14.6. The van der Waals surface area contributed by atoms with Crippen LogP contribution in [0.4, 0.5) is 0 Å². The van der Waals surface area contributed by atoms with Gasteiger partial charge in [-0.1, -0.05) is 74.5 Å². The van der Waals surface area contributed by atoms with Crippen molar-refractivity contribution in [1.29, 1.82) is 0 Å². The first-order chi connectivity index (χ1) is 20.1. The lowest BCUT2D eigenvalue weighted by atomic mass is 9.76. The Balaban J connectivity index is 1.43. The summed E-state index contributed by atoms with van der Waals surface area (Å²) in [6, 6.07) is 16.8. The predicted octanol–water partition coefficient (Wildman–Crippen LogP) is 2.27. The van der Waals surface area contributed by atoms with Gasteiger partial charge in [0.25, 0.3) is 0 Å². The maximum atomic E-state index is 13.4. The Morgan fingerprint density at radius 3 is 2.05 bits per heavy atom. The van der Waals surface area contributed by atoms with Gasteiger partial charge in [0.2, 0.25) is 12.2 Å². The first kappa shape index (κ1) is 31.6. The largest absolute Gasteiger partial charge is 0.459 e. The molecule has 42 heavy (non-hydrogen) atoms. The van der Waals surface area contributed by atoms with Crippen molar-refractivity contribution >= 4 is 17.8 Å². The van der Waals surface area contributed by atoms with E-state index < -0.39 is 48.7 Å². The first-order valence-corrected chi connectivity index (χ1v) is 14.6. The molecule has 0 bridgehead atoms. The monoisotopic (exact) mass is 583 g/mol. The second-order valence-corrected chi connectivity index (χ2v) is 11.5. The van der Waals surface area contributed by atoms with Crippen LogP contribution < -0.4 is 5.32 Å². The van der Waals surface area contributed by atoms with Gasteiger partial charge in [-0.15, -0.1) is 0 Å². The lowest BCUT2D eigenvalue weighted by molar-refractivity contribution is -0.288. The number of carbonyl (C=O) groups is 3. The van der Waals surface area contributed by atoms with Gasteiger partial charge in [0.15, 0.2) is 6.10 Å². The molecule has 10 heteroatoms. The molecule has 2 fully saturated rings. The molecule has 1 aliphatic heterocycles. The fourth-order valence-electron chi connectivity index (χ4n) is 5.53. The number of benzene rings is 2. The summed E-state index contributed by atoms with van der Waals surface area (Å²) in [7, 11) is 0. The summed E-state index contributed by atoms with van der Waals surface area (Å²) in [4.78, 5) is 39.4. The number of nitrogens with one attached hydrogen (secondary N) is 1. The minimum absolute atomic E-state index is 0.111. The summed E-state index contributed by atoms with van der Waals surface area (Å²) in [5, 5.41) is 34.2. The van der Waals surface area contributed by atoms with E-state index in [1.54, 1.807) is 30.3 Å². The van der Waals surface area contributed by atoms with Crippen molar-refractivity contribution in [1.82, 2.24) is 5.32 Å². The second kappa shape index (κ2) is 14.7. The Kier molecular flexibility index (Phi) is 11.1. The number of aliphatic hydroxyl groups excluding tert-OH is 3. The molecule has 1 saturated heterocycles. The van der Waals surface area contributed by atoms with Gasteiger partial charge in [0.1, 0.15) is 31.0 Å². The van der Waals surface area contributed by atoms with Crippen LogP contribution in [0.5, 0.6) is 0 Å². The van der Waals surface area contributed by atoms with Crippen LogP contribution in [-0.2, 0) is 41.6 Å². The average molecular weight is 584 g/mol. The normalized spacial score (nSPS) is 28.5. The van der Waals surface area contributed by atoms with Gasteiger partial charge in [0.05, 0.1) is 0 Å². The number of ether oxygens (including phenoxy) is 3. The molecule has 1 saturated carbocycles. The van der Waals surface area contributed by atoms with E-state index in [2.05, 4.69) is 19.2 Å². The van der Waals surface area contributed by atoms with Crippen LogP contribution in [0.3, 0.4) is 0 Å². The van der Waals surface area contributed by atoms with Gasteiger partial charge < -0.3 is 34.8 Å². The van der Waals surface area contributed by atoms with Crippen LogP contribution in [0.2, 0.25) is 0 Å². The predicted molar refractivity (Wildman–Crippen MR) is 151 cm³/mol. The van der Waals surface area contributed by atoms with Crippen molar-refractivity contribution in [3.05, 3.63) is 71.8 Å². The highest BCUT2D eigenvalue weighted by atomic mass is 16.7. The quantitative estimate of drug-likeness (QED) is 0.309. The number of amides is 1. The van der Waals surface area contributed by atoms with Crippen molar-refractivity contribution in [3.63, 3.8) is 0 Å². The maximum absolute atomic E-state index is 13.4. The van der Waals surface area contributed by atoms with Crippen LogP contribution in [0, 0.1) is 17.8 Å². The van der Waals surface area contributed by atoms with Gasteiger partial charge in [0, 0.05) is 12.3 Å². The standard InChI is InChI=1S/C32H41NO9/c1-19(2)22-13-15-23(16-14-22)29(37)33-24(17-20-9-5-3-6-10-20)30(38)42-32-27(36)25(34)26(35)28(41-32)31(39)40-18-21-11-7-4-8-12-21/h3-12,19,22-28,32,34-36H,13-18H2,1-2H3,(H,33,37)/t22?,23?,24-,25?,26?,27?,28?,32?/m0/s1. The zero-order valence-corrected chi connectivity index (χ0v) is 24.0. The van der Waals surface area contributed by atoms with Crippen molar-refractivity contribution < 1.29 is 43.9 Å². The van der Waals surface area contributed by atoms with Gasteiger partial charge in [-0.3, -0.25) is 4.79 Å². The molecule has 0 spiro atoms.